The fraction of sp³-hybridized carbons (Fsp3) is 0.600. The topological polar surface area (TPSA) is 30.5 Å². The maximum absolute atomic E-state index is 5.76. The van der Waals surface area contributed by atoms with Gasteiger partial charge < -0.3 is 14.8 Å². The van der Waals surface area contributed by atoms with E-state index in [1.807, 2.05) is 0 Å². The maximum Gasteiger partial charge on any atom is 0.168 e. The second-order valence-electron chi connectivity index (χ2n) is 5.49. The average Bonchev–Trinajstić information content (AvgIpc) is 2.86. The zero-order valence-corrected chi connectivity index (χ0v) is 12.8. The van der Waals surface area contributed by atoms with Gasteiger partial charge in [0.2, 0.25) is 0 Å². The van der Waals surface area contributed by atoms with E-state index >= 15 is 0 Å². The van der Waals surface area contributed by atoms with Crippen LogP contribution in [0.2, 0.25) is 0 Å². The fourth-order valence-corrected chi connectivity index (χ4v) is 3.28. The van der Waals surface area contributed by atoms with Crippen molar-refractivity contribution in [3.8, 4) is 0 Å². The van der Waals surface area contributed by atoms with Crippen LogP contribution in [0, 0.1) is 6.92 Å². The lowest BCUT2D eigenvalue weighted by molar-refractivity contribution is -0.177. The van der Waals surface area contributed by atoms with E-state index in [0.717, 1.165) is 43.4 Å². The molecule has 0 unspecified atom stereocenters. The smallest absolute Gasteiger partial charge is 0.168 e. The third-order valence-electron chi connectivity index (χ3n) is 4.10. The van der Waals surface area contributed by atoms with Crippen LogP contribution in [-0.2, 0) is 9.47 Å². The second kappa shape index (κ2) is 5.43. The molecule has 104 valence electrons. The Morgan fingerprint density at radius 1 is 1.21 bits per heavy atom. The molecule has 1 saturated heterocycles. The van der Waals surface area contributed by atoms with Crippen LogP contribution in [-0.4, -0.2) is 25.0 Å². The first kappa shape index (κ1) is 13.4. The van der Waals surface area contributed by atoms with Crippen LogP contribution in [0.3, 0.4) is 0 Å². The molecular weight excluding hydrogens is 306 g/mol. The van der Waals surface area contributed by atoms with Crippen molar-refractivity contribution in [2.75, 3.05) is 18.5 Å². The molecule has 2 aliphatic rings. The predicted molar refractivity (Wildman–Crippen MR) is 79.4 cm³/mol. The first-order valence-corrected chi connectivity index (χ1v) is 7.77. The van der Waals surface area contributed by atoms with E-state index in [9.17, 15) is 0 Å². The van der Waals surface area contributed by atoms with Gasteiger partial charge in [0.15, 0.2) is 5.79 Å². The number of aryl methyl sites for hydroxylation is 1. The fourth-order valence-electron chi connectivity index (χ4n) is 2.91. The summed E-state index contributed by atoms with van der Waals surface area (Å²) in [5, 5.41) is 3.61. The van der Waals surface area contributed by atoms with Gasteiger partial charge in [0.25, 0.3) is 0 Å². The van der Waals surface area contributed by atoms with Gasteiger partial charge in [-0.2, -0.15) is 0 Å². The Balaban J connectivity index is 1.58. The summed E-state index contributed by atoms with van der Waals surface area (Å²) in [6.07, 6.45) is 4.20. The summed E-state index contributed by atoms with van der Waals surface area (Å²) in [6, 6.07) is 6.96. The Morgan fingerprint density at radius 3 is 2.53 bits per heavy atom. The average molecular weight is 326 g/mol. The molecule has 1 aromatic carbocycles. The Morgan fingerprint density at radius 2 is 1.89 bits per heavy atom. The molecule has 2 fully saturated rings. The lowest BCUT2D eigenvalue weighted by Crippen LogP contribution is -2.39. The highest BCUT2D eigenvalue weighted by molar-refractivity contribution is 9.10. The number of halogens is 1. The summed E-state index contributed by atoms with van der Waals surface area (Å²) in [4.78, 5) is 0. The molecule has 0 aromatic heterocycles. The van der Waals surface area contributed by atoms with E-state index in [2.05, 4.69) is 46.4 Å². The Hall–Kier alpha value is -0.580. The second-order valence-corrected chi connectivity index (χ2v) is 6.34. The van der Waals surface area contributed by atoms with Crippen LogP contribution < -0.4 is 5.32 Å². The third-order valence-corrected chi connectivity index (χ3v) is 4.96. The van der Waals surface area contributed by atoms with Crippen molar-refractivity contribution >= 4 is 21.6 Å². The third kappa shape index (κ3) is 2.96. The van der Waals surface area contributed by atoms with Crippen molar-refractivity contribution < 1.29 is 9.47 Å². The Kier molecular flexibility index (Phi) is 3.83. The molecule has 1 heterocycles. The highest BCUT2D eigenvalue weighted by Crippen LogP contribution is 2.36. The van der Waals surface area contributed by atoms with Gasteiger partial charge in [-0.1, -0.05) is 22.0 Å². The quantitative estimate of drug-likeness (QED) is 0.895. The first-order chi connectivity index (χ1) is 9.17. The van der Waals surface area contributed by atoms with Crippen LogP contribution in [0.5, 0.6) is 0 Å². The molecule has 1 spiro atoms. The molecule has 1 aromatic rings. The molecule has 1 aliphatic heterocycles. The molecule has 0 bridgehead atoms. The lowest BCUT2D eigenvalue weighted by atomic mass is 9.90. The normalized spacial score (nSPS) is 22.8. The van der Waals surface area contributed by atoms with Crippen LogP contribution in [0.25, 0.3) is 0 Å². The number of anilines is 1. The van der Waals surface area contributed by atoms with Crippen LogP contribution in [0.4, 0.5) is 5.69 Å². The number of hydrogen-bond acceptors (Lipinski definition) is 3. The van der Waals surface area contributed by atoms with E-state index in [0.29, 0.717) is 6.04 Å². The molecule has 4 heteroatoms. The molecule has 0 atom stereocenters. The van der Waals surface area contributed by atoms with E-state index in [1.54, 1.807) is 0 Å². The zero-order chi connectivity index (χ0) is 13.3. The number of benzene rings is 1. The monoisotopic (exact) mass is 325 g/mol. The van der Waals surface area contributed by atoms with Crippen molar-refractivity contribution in [1.29, 1.82) is 0 Å². The summed E-state index contributed by atoms with van der Waals surface area (Å²) in [5.74, 6) is -0.258. The molecule has 1 saturated carbocycles. The van der Waals surface area contributed by atoms with Crippen LogP contribution in [0.1, 0.15) is 31.2 Å². The SMILES string of the molecule is Cc1ccc(NC2CCC3(CC2)OCCO3)cc1Br. The van der Waals surface area contributed by atoms with E-state index in [1.165, 1.54) is 11.3 Å². The molecule has 3 nitrogen and oxygen atoms in total. The number of rotatable bonds is 2. The lowest BCUT2D eigenvalue weighted by Gasteiger charge is -2.36. The van der Waals surface area contributed by atoms with Crippen molar-refractivity contribution in [1.82, 2.24) is 0 Å². The van der Waals surface area contributed by atoms with Gasteiger partial charge in [-0.25, -0.2) is 0 Å². The molecule has 19 heavy (non-hydrogen) atoms. The minimum atomic E-state index is -0.258. The van der Waals surface area contributed by atoms with E-state index < -0.39 is 0 Å². The summed E-state index contributed by atoms with van der Waals surface area (Å²) in [5.41, 5.74) is 2.45. The van der Waals surface area contributed by atoms with Crippen molar-refractivity contribution in [3.05, 3.63) is 28.2 Å². The molecule has 3 rings (SSSR count). The van der Waals surface area contributed by atoms with Gasteiger partial charge >= 0.3 is 0 Å². The van der Waals surface area contributed by atoms with Crippen LogP contribution >= 0.6 is 15.9 Å². The van der Waals surface area contributed by atoms with Gasteiger partial charge in [-0.3, -0.25) is 0 Å². The standard InChI is InChI=1S/C15H20BrNO2/c1-11-2-3-13(10-14(11)16)17-12-4-6-15(7-5-12)18-8-9-19-15/h2-3,10,12,17H,4-9H2,1H3. The van der Waals surface area contributed by atoms with Crippen molar-refractivity contribution in [2.24, 2.45) is 0 Å². The van der Waals surface area contributed by atoms with E-state index in [-0.39, 0.29) is 5.79 Å². The van der Waals surface area contributed by atoms with Gasteiger partial charge in [-0.05, 0) is 37.5 Å². The highest BCUT2D eigenvalue weighted by atomic mass is 79.9. The summed E-state index contributed by atoms with van der Waals surface area (Å²) < 4.78 is 12.7. The van der Waals surface area contributed by atoms with Crippen molar-refractivity contribution in [2.45, 2.75) is 44.4 Å². The molecule has 1 N–H and O–H groups in total. The number of hydrogen-bond donors (Lipinski definition) is 1. The molecule has 0 amide bonds. The maximum atomic E-state index is 5.76. The molecule has 0 radical (unpaired) electrons. The summed E-state index contributed by atoms with van der Waals surface area (Å²) in [7, 11) is 0. The van der Waals surface area contributed by atoms with E-state index in [4.69, 9.17) is 9.47 Å². The first-order valence-electron chi connectivity index (χ1n) is 6.97. The largest absolute Gasteiger partial charge is 0.382 e. The summed E-state index contributed by atoms with van der Waals surface area (Å²) >= 11 is 3.58. The number of nitrogens with one attached hydrogen (secondary N) is 1. The Bertz CT molecular complexity index is 447. The van der Waals surface area contributed by atoms with Gasteiger partial charge in [0.1, 0.15) is 0 Å². The molecule has 1 aliphatic carbocycles. The highest BCUT2D eigenvalue weighted by Gasteiger charge is 2.40. The minimum Gasteiger partial charge on any atom is -0.382 e. The predicted octanol–water partition coefficient (Wildman–Crippen LogP) is 3.86. The van der Waals surface area contributed by atoms with Gasteiger partial charge in [-0.15, -0.1) is 0 Å². The van der Waals surface area contributed by atoms with Gasteiger partial charge in [0.05, 0.1) is 13.2 Å². The van der Waals surface area contributed by atoms with Gasteiger partial charge in [0, 0.05) is 29.0 Å². The Labute approximate surface area is 122 Å². The zero-order valence-electron chi connectivity index (χ0n) is 11.2. The number of ether oxygens (including phenoxy) is 2. The minimum absolute atomic E-state index is 0.258. The van der Waals surface area contributed by atoms with Crippen LogP contribution in [0.15, 0.2) is 22.7 Å². The van der Waals surface area contributed by atoms with Crippen molar-refractivity contribution in [3.63, 3.8) is 0 Å². The molecular formula is C15H20BrNO2. The summed E-state index contributed by atoms with van der Waals surface area (Å²) in [6.45, 7) is 3.61.